The lowest BCUT2D eigenvalue weighted by Gasteiger charge is -2.37. The SMILES string of the molecule is CC1CCC(CN)(C(=O)NCC2CCS(=O)(=O)C2)CC1. The molecule has 116 valence electrons. The number of carbonyl (C=O) groups is 1. The first-order valence-corrected chi connectivity index (χ1v) is 9.38. The molecule has 5 nitrogen and oxygen atoms in total. The van der Waals surface area contributed by atoms with Gasteiger partial charge in [0.25, 0.3) is 0 Å². The Morgan fingerprint density at radius 3 is 2.45 bits per heavy atom. The normalized spacial score (nSPS) is 36.7. The highest BCUT2D eigenvalue weighted by atomic mass is 32.2. The minimum Gasteiger partial charge on any atom is -0.355 e. The van der Waals surface area contributed by atoms with Crippen LogP contribution in [0.2, 0.25) is 0 Å². The number of hydrogen-bond donors (Lipinski definition) is 2. The number of carbonyl (C=O) groups excluding carboxylic acids is 1. The number of nitrogens with two attached hydrogens (primary N) is 1. The van der Waals surface area contributed by atoms with Crippen LogP contribution in [0, 0.1) is 17.3 Å². The maximum Gasteiger partial charge on any atom is 0.227 e. The highest BCUT2D eigenvalue weighted by Crippen LogP contribution is 2.38. The van der Waals surface area contributed by atoms with Gasteiger partial charge < -0.3 is 11.1 Å². The second-order valence-electron chi connectivity index (χ2n) is 6.65. The molecule has 6 heteroatoms. The Morgan fingerprint density at radius 2 is 1.95 bits per heavy atom. The van der Waals surface area contributed by atoms with Crippen LogP contribution < -0.4 is 11.1 Å². The Morgan fingerprint density at radius 1 is 1.30 bits per heavy atom. The molecule has 2 aliphatic rings. The molecular weight excluding hydrogens is 276 g/mol. The zero-order valence-electron chi connectivity index (χ0n) is 12.2. The van der Waals surface area contributed by atoms with E-state index < -0.39 is 15.3 Å². The van der Waals surface area contributed by atoms with Gasteiger partial charge in [0.15, 0.2) is 9.84 Å². The van der Waals surface area contributed by atoms with E-state index in [9.17, 15) is 13.2 Å². The van der Waals surface area contributed by atoms with Crippen molar-refractivity contribution in [2.45, 2.75) is 39.0 Å². The second kappa shape index (κ2) is 6.02. The van der Waals surface area contributed by atoms with Crippen LogP contribution in [0.1, 0.15) is 39.0 Å². The molecule has 2 fully saturated rings. The van der Waals surface area contributed by atoms with Crippen LogP contribution in [0.15, 0.2) is 0 Å². The van der Waals surface area contributed by atoms with Crippen molar-refractivity contribution in [1.82, 2.24) is 5.32 Å². The van der Waals surface area contributed by atoms with E-state index in [-0.39, 0.29) is 23.3 Å². The fraction of sp³-hybridized carbons (Fsp3) is 0.929. The minimum atomic E-state index is -2.87. The summed E-state index contributed by atoms with van der Waals surface area (Å²) in [7, 11) is -2.87. The molecule has 0 spiro atoms. The first-order chi connectivity index (χ1) is 9.37. The van der Waals surface area contributed by atoms with Crippen LogP contribution in [-0.4, -0.2) is 38.9 Å². The van der Waals surface area contributed by atoms with E-state index in [0.29, 0.717) is 25.4 Å². The summed E-state index contributed by atoms with van der Waals surface area (Å²) >= 11 is 0. The van der Waals surface area contributed by atoms with Gasteiger partial charge in [0, 0.05) is 13.1 Å². The van der Waals surface area contributed by atoms with Gasteiger partial charge in [0.1, 0.15) is 0 Å². The molecule has 1 saturated heterocycles. The molecule has 0 aromatic heterocycles. The molecule has 1 aliphatic carbocycles. The van der Waals surface area contributed by atoms with Gasteiger partial charge in [-0.25, -0.2) is 8.42 Å². The van der Waals surface area contributed by atoms with Crippen LogP contribution in [0.3, 0.4) is 0 Å². The lowest BCUT2D eigenvalue weighted by molar-refractivity contribution is -0.133. The van der Waals surface area contributed by atoms with E-state index in [1.54, 1.807) is 0 Å². The van der Waals surface area contributed by atoms with Crippen LogP contribution in [0.25, 0.3) is 0 Å². The van der Waals surface area contributed by atoms with Crippen molar-refractivity contribution in [3.63, 3.8) is 0 Å². The van der Waals surface area contributed by atoms with Crippen molar-refractivity contribution >= 4 is 15.7 Å². The third-order valence-electron chi connectivity index (χ3n) is 4.98. The van der Waals surface area contributed by atoms with Crippen molar-refractivity contribution < 1.29 is 13.2 Å². The van der Waals surface area contributed by atoms with Crippen molar-refractivity contribution in [2.75, 3.05) is 24.6 Å². The third-order valence-corrected chi connectivity index (χ3v) is 6.82. The highest BCUT2D eigenvalue weighted by molar-refractivity contribution is 7.91. The maximum atomic E-state index is 12.4. The van der Waals surface area contributed by atoms with E-state index in [1.807, 2.05) is 0 Å². The Balaban J connectivity index is 1.87. The Labute approximate surface area is 121 Å². The fourth-order valence-electron chi connectivity index (χ4n) is 3.30. The van der Waals surface area contributed by atoms with Crippen LogP contribution in [-0.2, 0) is 14.6 Å². The molecule has 0 aromatic carbocycles. The summed E-state index contributed by atoms with van der Waals surface area (Å²) in [6.45, 7) is 3.06. The molecule has 1 atom stereocenters. The number of amides is 1. The van der Waals surface area contributed by atoms with E-state index in [0.717, 1.165) is 25.7 Å². The molecule has 20 heavy (non-hydrogen) atoms. The van der Waals surface area contributed by atoms with Crippen molar-refractivity contribution in [1.29, 1.82) is 0 Å². The predicted octanol–water partition coefficient (Wildman–Crippen LogP) is 0.693. The van der Waals surface area contributed by atoms with Crippen LogP contribution in [0.5, 0.6) is 0 Å². The molecule has 0 bridgehead atoms. The number of hydrogen-bond acceptors (Lipinski definition) is 4. The molecular formula is C14H26N2O3S. The second-order valence-corrected chi connectivity index (χ2v) is 8.87. The van der Waals surface area contributed by atoms with Gasteiger partial charge in [-0.2, -0.15) is 0 Å². The van der Waals surface area contributed by atoms with Crippen molar-refractivity contribution in [3.8, 4) is 0 Å². The van der Waals surface area contributed by atoms with Gasteiger partial charge in [-0.3, -0.25) is 4.79 Å². The summed E-state index contributed by atoms with van der Waals surface area (Å²) in [5.74, 6) is 1.23. The number of sulfone groups is 1. The topological polar surface area (TPSA) is 89.3 Å². The first kappa shape index (κ1) is 15.8. The van der Waals surface area contributed by atoms with Crippen LogP contribution in [0.4, 0.5) is 0 Å². The van der Waals surface area contributed by atoms with Gasteiger partial charge >= 0.3 is 0 Å². The first-order valence-electron chi connectivity index (χ1n) is 7.56. The molecule has 1 amide bonds. The smallest absolute Gasteiger partial charge is 0.227 e. The monoisotopic (exact) mass is 302 g/mol. The molecule has 1 heterocycles. The van der Waals surface area contributed by atoms with Gasteiger partial charge in [-0.15, -0.1) is 0 Å². The number of rotatable bonds is 4. The molecule has 1 saturated carbocycles. The summed E-state index contributed by atoms with van der Waals surface area (Å²) in [4.78, 5) is 12.4. The summed E-state index contributed by atoms with van der Waals surface area (Å²) in [5, 5.41) is 2.96. The van der Waals surface area contributed by atoms with Crippen molar-refractivity contribution in [3.05, 3.63) is 0 Å². The highest BCUT2D eigenvalue weighted by Gasteiger charge is 2.40. The summed E-state index contributed by atoms with van der Waals surface area (Å²) in [5.41, 5.74) is 5.43. The molecule has 0 radical (unpaired) electrons. The molecule has 0 aromatic rings. The predicted molar refractivity (Wildman–Crippen MR) is 78.9 cm³/mol. The Bertz CT molecular complexity index is 453. The van der Waals surface area contributed by atoms with E-state index in [4.69, 9.17) is 5.73 Å². The Hall–Kier alpha value is -0.620. The lowest BCUT2D eigenvalue weighted by Crippen LogP contribution is -2.49. The van der Waals surface area contributed by atoms with Gasteiger partial charge in [0.2, 0.25) is 5.91 Å². The standard InChI is InChI=1S/C14H26N2O3S/c1-11-2-5-14(10-15,6-3-11)13(17)16-8-12-4-7-20(18,19)9-12/h11-12H,2-10,15H2,1H3,(H,16,17). The zero-order valence-corrected chi connectivity index (χ0v) is 13.0. The quantitative estimate of drug-likeness (QED) is 0.799. The molecule has 1 aliphatic heterocycles. The summed E-state index contributed by atoms with van der Waals surface area (Å²) in [6.07, 6.45) is 4.44. The van der Waals surface area contributed by atoms with Crippen LogP contribution >= 0.6 is 0 Å². The average Bonchev–Trinajstić information content (AvgIpc) is 2.77. The zero-order chi connectivity index (χ0) is 14.8. The average molecular weight is 302 g/mol. The maximum absolute atomic E-state index is 12.4. The molecule has 1 unspecified atom stereocenters. The summed E-state index contributed by atoms with van der Waals surface area (Å²) in [6, 6.07) is 0. The minimum absolute atomic E-state index is 0.0243. The van der Waals surface area contributed by atoms with Gasteiger partial charge in [0.05, 0.1) is 16.9 Å². The van der Waals surface area contributed by atoms with Gasteiger partial charge in [-0.05, 0) is 43.9 Å². The molecule has 2 rings (SSSR count). The molecule has 3 N–H and O–H groups in total. The number of nitrogens with one attached hydrogen (secondary N) is 1. The lowest BCUT2D eigenvalue weighted by atomic mass is 9.70. The van der Waals surface area contributed by atoms with E-state index >= 15 is 0 Å². The largest absolute Gasteiger partial charge is 0.355 e. The summed E-state index contributed by atoms with van der Waals surface area (Å²) < 4.78 is 22.8. The fourth-order valence-corrected chi connectivity index (χ4v) is 5.16. The van der Waals surface area contributed by atoms with E-state index in [2.05, 4.69) is 12.2 Å². The Kier molecular flexibility index (Phi) is 4.74. The van der Waals surface area contributed by atoms with Crippen molar-refractivity contribution in [2.24, 2.45) is 23.0 Å². The van der Waals surface area contributed by atoms with Gasteiger partial charge in [-0.1, -0.05) is 6.92 Å². The van der Waals surface area contributed by atoms with E-state index in [1.165, 1.54) is 0 Å². The third kappa shape index (κ3) is 3.52.